The minimum Gasteiger partial charge on any atom is -0.322 e. The van der Waals surface area contributed by atoms with Gasteiger partial charge >= 0.3 is 0 Å². The number of hydrogen-bond donors (Lipinski definition) is 1. The maximum atomic E-state index is 13.2. The molecule has 0 aliphatic carbocycles. The van der Waals surface area contributed by atoms with Gasteiger partial charge in [0.25, 0.3) is 0 Å². The van der Waals surface area contributed by atoms with Crippen molar-refractivity contribution >= 4 is 57.2 Å². The van der Waals surface area contributed by atoms with Crippen molar-refractivity contribution in [1.29, 1.82) is 0 Å². The van der Waals surface area contributed by atoms with Gasteiger partial charge in [-0.3, -0.25) is 4.79 Å². The molecule has 0 heterocycles. The Balaban J connectivity index is 0.00000256. The van der Waals surface area contributed by atoms with E-state index in [1.807, 2.05) is 90.7 Å². The predicted octanol–water partition coefficient (Wildman–Crippen LogP) is 5.00. The van der Waals surface area contributed by atoms with Gasteiger partial charge < -0.3 is 5.32 Å². The van der Waals surface area contributed by atoms with E-state index in [1.54, 1.807) is 0 Å². The number of halogens is 1. The number of para-hydroxylation sites is 1. The molecule has 0 bridgehead atoms. The molecule has 4 aromatic carbocycles. The zero-order valence-electron chi connectivity index (χ0n) is 16.4. The molecule has 4 heteroatoms. The van der Waals surface area contributed by atoms with Crippen molar-refractivity contribution in [2.45, 2.75) is 0 Å². The Kier molecular flexibility index (Phi) is 7.46. The summed E-state index contributed by atoms with van der Waals surface area (Å²) < 4.78 is 0. The second-order valence-electron chi connectivity index (χ2n) is 6.71. The van der Waals surface area contributed by atoms with Crippen LogP contribution in [0.2, 0.25) is 0 Å². The van der Waals surface area contributed by atoms with Gasteiger partial charge in [0, 0.05) is 11.5 Å². The summed E-state index contributed by atoms with van der Waals surface area (Å²) in [5, 5.41) is 6.50. The van der Waals surface area contributed by atoms with Crippen molar-refractivity contribution < 1.29 is 4.79 Å². The van der Waals surface area contributed by atoms with Gasteiger partial charge in [0.2, 0.25) is 5.91 Å². The lowest BCUT2D eigenvalue weighted by Crippen LogP contribution is -2.30. The number of carbonyl (C=O) groups is 1. The van der Waals surface area contributed by atoms with Crippen molar-refractivity contribution in [3.63, 3.8) is 0 Å². The highest BCUT2D eigenvalue weighted by Gasteiger charge is 2.26. The average Bonchev–Trinajstić information content (AvgIpc) is 2.80. The van der Waals surface area contributed by atoms with Crippen LogP contribution >= 0.6 is 23.9 Å². The van der Waals surface area contributed by atoms with Gasteiger partial charge in [0.05, 0.1) is 0 Å². The quantitative estimate of drug-likeness (QED) is 0.404. The van der Waals surface area contributed by atoms with Crippen LogP contribution in [0.25, 0.3) is 0 Å². The predicted molar refractivity (Wildman–Crippen MR) is 137 cm³/mol. The lowest BCUT2D eigenvalue weighted by atomic mass is 10.3. The lowest BCUT2D eigenvalue weighted by Gasteiger charge is -2.28. The molecular formula is C26H23BrNOP. The minimum absolute atomic E-state index is 0. The average molecular weight is 476 g/mol. The molecule has 0 spiro atoms. The van der Waals surface area contributed by atoms with Gasteiger partial charge in [-0.1, -0.05) is 109 Å². The van der Waals surface area contributed by atoms with Crippen molar-refractivity contribution in [3.8, 4) is 0 Å². The Hall–Kier alpha value is -2.87. The van der Waals surface area contributed by atoms with Gasteiger partial charge in [-0.2, -0.15) is 0 Å². The fraction of sp³-hybridized carbons (Fsp3) is 0. The number of benzene rings is 4. The van der Waals surface area contributed by atoms with Gasteiger partial charge in [0.1, 0.15) is 0 Å². The molecule has 0 unspecified atom stereocenters. The van der Waals surface area contributed by atoms with E-state index in [0.29, 0.717) is 0 Å². The molecule has 0 fully saturated rings. The van der Waals surface area contributed by atoms with Gasteiger partial charge in [0.15, 0.2) is 0 Å². The van der Waals surface area contributed by atoms with Crippen molar-refractivity contribution in [3.05, 3.63) is 121 Å². The first kappa shape index (κ1) is 21.8. The molecule has 2 nitrogen and oxygen atoms in total. The number of nitrogens with one attached hydrogen (secondary N) is 1. The summed E-state index contributed by atoms with van der Waals surface area (Å²) in [6.45, 7) is -2.28. The van der Waals surface area contributed by atoms with E-state index in [9.17, 15) is 4.79 Å². The van der Waals surface area contributed by atoms with E-state index in [-0.39, 0.29) is 22.9 Å². The molecular weight excluding hydrogens is 453 g/mol. The van der Waals surface area contributed by atoms with E-state index < -0.39 is 6.89 Å². The first-order chi connectivity index (χ1) is 14.3. The summed E-state index contributed by atoms with van der Waals surface area (Å²) in [4.78, 5) is 13.2. The smallest absolute Gasteiger partial charge is 0.249 e. The molecule has 0 aromatic heterocycles. The van der Waals surface area contributed by atoms with E-state index in [2.05, 4.69) is 41.7 Å². The summed E-state index contributed by atoms with van der Waals surface area (Å²) in [6, 6.07) is 40.6. The zero-order valence-corrected chi connectivity index (χ0v) is 19.0. The normalized spacial score (nSPS) is 10.5. The molecule has 30 heavy (non-hydrogen) atoms. The molecule has 1 amide bonds. The van der Waals surface area contributed by atoms with Crippen LogP contribution in [0, 0.1) is 0 Å². The number of hydrogen-bond acceptors (Lipinski definition) is 1. The Morgan fingerprint density at radius 2 is 0.900 bits per heavy atom. The minimum atomic E-state index is -2.28. The summed E-state index contributed by atoms with van der Waals surface area (Å²) in [6.07, 6.45) is 0. The van der Waals surface area contributed by atoms with E-state index in [0.717, 1.165) is 21.6 Å². The van der Waals surface area contributed by atoms with Gasteiger partial charge in [-0.25, -0.2) is 0 Å². The Bertz CT molecular complexity index is 1030. The first-order valence-corrected chi connectivity index (χ1v) is 11.4. The van der Waals surface area contributed by atoms with Crippen LogP contribution in [0.3, 0.4) is 0 Å². The Morgan fingerprint density at radius 1 is 0.567 bits per heavy atom. The summed E-state index contributed by atoms with van der Waals surface area (Å²) in [5.74, 6) is 1.81. The standard InChI is InChI=1S/C26H22NOP.BrH/c28-26(27-22-13-5-1-6-14-22)21-29(23-15-7-2-8-16-23,24-17-9-3-10-18-24)25-19-11-4-12-20-25;/h1-21H,(H,27,28);1H. The zero-order chi connectivity index (χ0) is 19.9. The summed E-state index contributed by atoms with van der Waals surface area (Å²) >= 11 is 0. The number of amides is 1. The molecule has 1 N–H and O–H groups in total. The molecule has 0 saturated carbocycles. The second-order valence-corrected chi connectivity index (χ2v) is 9.97. The van der Waals surface area contributed by atoms with Crippen molar-refractivity contribution in [2.24, 2.45) is 0 Å². The third-order valence-corrected chi connectivity index (χ3v) is 8.80. The maximum Gasteiger partial charge on any atom is 0.249 e. The highest BCUT2D eigenvalue weighted by Crippen LogP contribution is 2.43. The van der Waals surface area contributed by atoms with Crippen LogP contribution in [0.5, 0.6) is 0 Å². The molecule has 4 rings (SSSR count). The van der Waals surface area contributed by atoms with Crippen LogP contribution in [-0.2, 0) is 4.79 Å². The van der Waals surface area contributed by atoms with Crippen LogP contribution in [0.1, 0.15) is 0 Å². The highest BCUT2D eigenvalue weighted by molar-refractivity contribution is 8.93. The van der Waals surface area contributed by atoms with Crippen LogP contribution < -0.4 is 21.2 Å². The van der Waals surface area contributed by atoms with Gasteiger partial charge in [-0.05, 0) is 34.9 Å². The third-order valence-electron chi connectivity index (χ3n) is 4.84. The Morgan fingerprint density at radius 3 is 1.27 bits per heavy atom. The topological polar surface area (TPSA) is 29.1 Å². The third kappa shape index (κ3) is 4.64. The van der Waals surface area contributed by atoms with Crippen LogP contribution in [-0.4, -0.2) is 11.7 Å². The Labute approximate surface area is 188 Å². The molecule has 0 radical (unpaired) electrons. The highest BCUT2D eigenvalue weighted by atomic mass is 79.9. The van der Waals surface area contributed by atoms with Crippen LogP contribution in [0.15, 0.2) is 121 Å². The van der Waals surface area contributed by atoms with E-state index in [1.165, 1.54) is 0 Å². The lowest BCUT2D eigenvalue weighted by molar-refractivity contribution is -0.109. The van der Waals surface area contributed by atoms with E-state index >= 15 is 0 Å². The summed E-state index contributed by atoms with van der Waals surface area (Å²) in [5.41, 5.74) is 0.793. The molecule has 0 atom stereocenters. The summed E-state index contributed by atoms with van der Waals surface area (Å²) in [7, 11) is 0. The van der Waals surface area contributed by atoms with Crippen LogP contribution in [0.4, 0.5) is 5.69 Å². The van der Waals surface area contributed by atoms with Crippen molar-refractivity contribution in [2.75, 3.05) is 5.32 Å². The number of anilines is 1. The fourth-order valence-corrected chi connectivity index (χ4v) is 7.22. The van der Waals surface area contributed by atoms with Gasteiger partial charge in [-0.15, -0.1) is 17.0 Å². The molecule has 0 saturated heterocycles. The maximum absolute atomic E-state index is 13.2. The second kappa shape index (κ2) is 10.2. The fourth-order valence-electron chi connectivity index (χ4n) is 3.53. The SMILES string of the molecule is Br.O=C(C=P(c1ccccc1)(c1ccccc1)c1ccccc1)Nc1ccccc1. The van der Waals surface area contributed by atoms with Crippen molar-refractivity contribution in [1.82, 2.24) is 0 Å². The molecule has 0 aliphatic rings. The monoisotopic (exact) mass is 475 g/mol. The molecule has 0 aliphatic heterocycles. The van der Waals surface area contributed by atoms with E-state index in [4.69, 9.17) is 0 Å². The molecule has 150 valence electrons. The largest absolute Gasteiger partial charge is 0.322 e. The molecule has 4 aromatic rings. The number of rotatable bonds is 5. The first-order valence-electron chi connectivity index (χ1n) is 9.56. The number of carbonyl (C=O) groups excluding carboxylic acids is 1.